The normalized spacial score (nSPS) is 15.5. The van der Waals surface area contributed by atoms with Gasteiger partial charge in [0, 0.05) is 36.3 Å². The second-order valence-electron chi connectivity index (χ2n) is 10.8. The number of hydrogen-bond donors (Lipinski definition) is 1. The monoisotopic (exact) mass is 569 g/mol. The molecule has 222 valence electrons. The summed E-state index contributed by atoms with van der Waals surface area (Å²) >= 11 is 0. The van der Waals surface area contributed by atoms with Crippen LogP contribution < -0.4 is 15.4 Å². The van der Waals surface area contributed by atoms with Crippen molar-refractivity contribution in [3.05, 3.63) is 77.8 Å². The molecule has 2 N–H and O–H groups in total. The van der Waals surface area contributed by atoms with Crippen LogP contribution in [-0.4, -0.2) is 77.6 Å². The number of nitrogens with two attached hydrogens (primary N) is 1. The highest BCUT2D eigenvalue weighted by Crippen LogP contribution is 2.32. The van der Waals surface area contributed by atoms with Gasteiger partial charge in [-0.05, 0) is 63.7 Å². The maximum absolute atomic E-state index is 11.2. The van der Waals surface area contributed by atoms with Gasteiger partial charge in [0.25, 0.3) is 0 Å². The zero-order valence-electron chi connectivity index (χ0n) is 25.0. The maximum atomic E-state index is 11.2. The summed E-state index contributed by atoms with van der Waals surface area (Å²) in [6, 6.07) is 15.4. The lowest BCUT2D eigenvalue weighted by Crippen LogP contribution is -2.38. The summed E-state index contributed by atoms with van der Waals surface area (Å²) in [5.41, 5.74) is 9.56. The molecule has 1 saturated heterocycles. The van der Waals surface area contributed by atoms with Crippen LogP contribution in [0.1, 0.15) is 44.4 Å². The summed E-state index contributed by atoms with van der Waals surface area (Å²) in [5, 5.41) is 2.52. The largest absolute Gasteiger partial charge is 0.462 e. The number of anilines is 2. The molecule has 2 aromatic carbocycles. The van der Waals surface area contributed by atoms with Gasteiger partial charge in [-0.2, -0.15) is 9.97 Å². The Morgan fingerprint density at radius 1 is 1.17 bits per heavy atom. The Hall–Kier alpha value is -4.16. The van der Waals surface area contributed by atoms with Crippen molar-refractivity contribution in [2.45, 2.75) is 52.1 Å². The first-order valence-corrected chi connectivity index (χ1v) is 14.9. The third kappa shape index (κ3) is 7.77. The lowest BCUT2D eigenvalue weighted by molar-refractivity contribution is -0.127. The zero-order chi connectivity index (χ0) is 29.9. The van der Waals surface area contributed by atoms with E-state index < -0.39 is 0 Å². The second-order valence-corrected chi connectivity index (χ2v) is 10.8. The van der Waals surface area contributed by atoms with Crippen LogP contribution >= 0.6 is 0 Å². The van der Waals surface area contributed by atoms with Gasteiger partial charge in [-0.1, -0.05) is 49.4 Å². The third-order valence-corrected chi connectivity index (χ3v) is 7.96. The highest BCUT2D eigenvalue weighted by molar-refractivity contribution is 5.94. The molecule has 5 rings (SSSR count). The molecule has 2 aliphatic rings. The highest BCUT2D eigenvalue weighted by atomic mass is 16.5. The molecule has 9 heteroatoms. The average molecular weight is 570 g/mol. The molecule has 1 aromatic heterocycles. The minimum atomic E-state index is -0.103. The Morgan fingerprint density at radius 3 is 2.67 bits per heavy atom. The summed E-state index contributed by atoms with van der Waals surface area (Å²) in [4.78, 5) is 30.0. The van der Waals surface area contributed by atoms with Gasteiger partial charge in [-0.15, -0.1) is 0 Å². The van der Waals surface area contributed by atoms with Gasteiger partial charge in [0.15, 0.2) is 0 Å². The topological polar surface area (TPSA) is 92.2 Å². The minimum Gasteiger partial charge on any atom is -0.462 e. The number of fused-ring (bicyclic) bond motifs is 2. The van der Waals surface area contributed by atoms with E-state index in [0.717, 1.165) is 50.4 Å². The number of hydrogen-bond acceptors (Lipinski definition) is 7. The smallest absolute Gasteiger partial charge is 0.318 e. The number of piperidine rings is 1. The van der Waals surface area contributed by atoms with Gasteiger partial charge < -0.3 is 25.1 Å². The van der Waals surface area contributed by atoms with Gasteiger partial charge in [0.1, 0.15) is 18.5 Å². The first-order chi connectivity index (χ1) is 20.4. The van der Waals surface area contributed by atoms with Crippen LogP contribution in [0.2, 0.25) is 0 Å². The Labute approximate surface area is 249 Å². The second kappa shape index (κ2) is 15.2. The third-order valence-electron chi connectivity index (χ3n) is 7.96. The molecule has 0 spiro atoms. The van der Waals surface area contributed by atoms with Crippen molar-refractivity contribution in [2.24, 2.45) is 0 Å². The van der Waals surface area contributed by atoms with Crippen LogP contribution in [0.25, 0.3) is 15.6 Å². The molecule has 0 aliphatic carbocycles. The quantitative estimate of drug-likeness (QED) is 0.287. The van der Waals surface area contributed by atoms with Gasteiger partial charge in [-0.3, -0.25) is 9.69 Å². The summed E-state index contributed by atoms with van der Waals surface area (Å²) in [5.74, 6) is 0.458. The summed E-state index contributed by atoms with van der Waals surface area (Å²) in [7, 11) is 0. The Morgan fingerprint density at radius 2 is 1.93 bits per heavy atom. The lowest BCUT2D eigenvalue weighted by atomic mass is 10.0. The summed E-state index contributed by atoms with van der Waals surface area (Å²) < 4.78 is 5.90. The molecule has 3 aromatic rings. The van der Waals surface area contributed by atoms with Gasteiger partial charge in [0.05, 0.1) is 12.2 Å². The molecule has 1 fully saturated rings. The fourth-order valence-electron chi connectivity index (χ4n) is 5.67. The number of carbonyl (C=O) groups excluding carboxylic acids is 1. The number of amides is 1. The first kappa shape index (κ1) is 30.8. The van der Waals surface area contributed by atoms with E-state index in [4.69, 9.17) is 22.0 Å². The summed E-state index contributed by atoms with van der Waals surface area (Å²) in [6.45, 7) is 20.3. The van der Waals surface area contributed by atoms with Crippen molar-refractivity contribution in [1.29, 1.82) is 0 Å². The predicted molar refractivity (Wildman–Crippen MR) is 169 cm³/mol. The van der Waals surface area contributed by atoms with E-state index in [1.807, 2.05) is 13.8 Å². The van der Waals surface area contributed by atoms with Crippen molar-refractivity contribution < 1.29 is 9.53 Å². The van der Waals surface area contributed by atoms with Crippen molar-refractivity contribution >= 4 is 28.2 Å². The number of likely N-dealkylation sites (N-methyl/N-ethyl adjacent to an activating group) is 1. The van der Waals surface area contributed by atoms with E-state index in [9.17, 15) is 4.79 Å². The molecule has 1 amide bonds. The average Bonchev–Trinajstić information content (AvgIpc) is 3.02. The van der Waals surface area contributed by atoms with Crippen LogP contribution in [0.5, 0.6) is 6.01 Å². The number of nitrogen functional groups attached to an aromatic ring is 1. The van der Waals surface area contributed by atoms with Gasteiger partial charge >= 0.3 is 6.01 Å². The highest BCUT2D eigenvalue weighted by Gasteiger charge is 2.23. The molecular weight excluding hydrogens is 526 g/mol. The van der Waals surface area contributed by atoms with Crippen LogP contribution in [0, 0.1) is 6.57 Å². The number of likely N-dealkylation sites (tertiary alicyclic amines) is 1. The Kier molecular flexibility index (Phi) is 11.1. The molecule has 1 atom stereocenters. The Balaban J connectivity index is 0.000000288. The standard InChI is InChI=1S/C24H29N5O.C9H14N2O/c25-23-20-11-14-29(22-10-6-8-18-7-2-3-9-19(18)22)17-21(20)26-24(27-23)30-16-15-28-12-4-1-5-13-28;1-5-9(12)11(6-2)8(3)7-10-4/h2-3,6-10H,1,4-5,11-17H2,(H2,25,26,27);5,8H,1,6-7H2,2-3H3/t;8-/m.1/s1. The summed E-state index contributed by atoms with van der Waals surface area (Å²) in [6.07, 6.45) is 6.04. The SMILES string of the molecule is Nc1nc(OCCN2CCCCC2)nc2c1CCN(c1cccc3ccccc13)C2.[C-]#[N+]C[C@@H](C)N(CC)C(=O)C=C. The molecule has 0 saturated carbocycles. The molecule has 3 heterocycles. The number of benzene rings is 2. The molecular formula is C33H43N7O2. The first-order valence-electron chi connectivity index (χ1n) is 14.9. The van der Waals surface area contributed by atoms with Crippen LogP contribution in [0.4, 0.5) is 11.5 Å². The van der Waals surface area contributed by atoms with Gasteiger partial charge in [-0.25, -0.2) is 6.57 Å². The van der Waals surface area contributed by atoms with E-state index in [1.54, 1.807) is 4.90 Å². The van der Waals surface area contributed by atoms with E-state index in [2.05, 4.69) is 68.7 Å². The van der Waals surface area contributed by atoms with E-state index in [-0.39, 0.29) is 11.9 Å². The number of aromatic nitrogens is 2. The van der Waals surface area contributed by atoms with Crippen molar-refractivity contribution in [1.82, 2.24) is 19.8 Å². The van der Waals surface area contributed by atoms with Crippen LogP contribution in [0.3, 0.4) is 0 Å². The predicted octanol–water partition coefficient (Wildman–Crippen LogP) is 4.97. The van der Waals surface area contributed by atoms with Crippen LogP contribution in [0.15, 0.2) is 55.1 Å². The molecule has 9 nitrogen and oxygen atoms in total. The van der Waals surface area contributed by atoms with E-state index in [0.29, 0.717) is 31.5 Å². The molecule has 2 aliphatic heterocycles. The minimum absolute atomic E-state index is 0.0157. The fourth-order valence-corrected chi connectivity index (χ4v) is 5.67. The number of nitrogens with zero attached hydrogens (tertiary/aromatic N) is 6. The van der Waals surface area contributed by atoms with Crippen LogP contribution in [-0.2, 0) is 17.8 Å². The molecule has 42 heavy (non-hydrogen) atoms. The Bertz CT molecular complexity index is 1390. The molecule has 0 bridgehead atoms. The molecule has 0 unspecified atom stereocenters. The number of carbonyl (C=O) groups is 1. The number of ether oxygens (including phenoxy) is 1. The molecule has 0 radical (unpaired) electrons. The van der Waals surface area contributed by atoms with E-state index >= 15 is 0 Å². The lowest BCUT2D eigenvalue weighted by Gasteiger charge is -2.31. The van der Waals surface area contributed by atoms with Gasteiger partial charge in [0.2, 0.25) is 12.5 Å². The van der Waals surface area contributed by atoms with E-state index in [1.165, 1.54) is 41.8 Å². The zero-order valence-corrected chi connectivity index (χ0v) is 25.0. The fraction of sp³-hybridized carbons (Fsp3) is 0.455. The van der Waals surface area contributed by atoms with Crippen molar-refractivity contribution in [3.63, 3.8) is 0 Å². The maximum Gasteiger partial charge on any atom is 0.318 e. The van der Waals surface area contributed by atoms with Crippen molar-refractivity contribution in [3.8, 4) is 6.01 Å². The number of rotatable bonds is 9. The van der Waals surface area contributed by atoms with Crippen molar-refractivity contribution in [2.75, 3.05) is 56.5 Å².